The Bertz CT molecular complexity index is 1360. The first-order chi connectivity index (χ1) is 14.9. The van der Waals surface area contributed by atoms with Crippen LogP contribution in [0.5, 0.6) is 0 Å². The molecule has 4 rings (SSSR count). The molecule has 9 heteroatoms. The Labute approximate surface area is 182 Å². The molecule has 2 aromatic carbocycles. The van der Waals surface area contributed by atoms with E-state index < -0.39 is 5.97 Å². The van der Waals surface area contributed by atoms with Gasteiger partial charge in [0.1, 0.15) is 18.1 Å². The molecule has 0 spiro atoms. The van der Waals surface area contributed by atoms with Crippen LogP contribution in [0, 0.1) is 6.92 Å². The van der Waals surface area contributed by atoms with Crippen LogP contribution in [-0.4, -0.2) is 36.8 Å². The molecular formula is C22H21ClN4O4. The number of aliphatic hydroxyl groups excluding tert-OH is 1. The molecule has 0 bridgehead atoms. The number of nitrogens with zero attached hydrogens (tertiary/aromatic N) is 4. The van der Waals surface area contributed by atoms with E-state index in [1.165, 1.54) is 0 Å². The molecule has 0 amide bonds. The number of benzene rings is 2. The molecule has 0 atom stereocenters. The minimum Gasteiger partial charge on any atom is -0.454 e. The lowest BCUT2D eigenvalue weighted by Crippen LogP contribution is -2.23. The van der Waals surface area contributed by atoms with E-state index in [2.05, 4.69) is 9.97 Å². The second-order valence-electron chi connectivity index (χ2n) is 7.06. The van der Waals surface area contributed by atoms with Crippen LogP contribution >= 0.6 is 11.6 Å². The molecule has 160 valence electrons. The summed E-state index contributed by atoms with van der Waals surface area (Å²) in [6, 6.07) is 10.2. The van der Waals surface area contributed by atoms with Gasteiger partial charge in [-0.1, -0.05) is 11.6 Å². The quantitative estimate of drug-likeness (QED) is 0.462. The zero-order valence-electron chi connectivity index (χ0n) is 17.1. The molecule has 2 aromatic heterocycles. The average Bonchev–Trinajstić information content (AvgIpc) is 3.09. The van der Waals surface area contributed by atoms with Crippen molar-refractivity contribution in [3.63, 3.8) is 0 Å². The number of carbonyl (C=O) groups is 1. The third-order valence-corrected chi connectivity index (χ3v) is 5.34. The number of hydrogen-bond donors (Lipinski definition) is 1. The van der Waals surface area contributed by atoms with Crippen molar-refractivity contribution in [1.29, 1.82) is 0 Å². The number of aryl methyl sites for hydroxylation is 2. The van der Waals surface area contributed by atoms with Crippen molar-refractivity contribution in [2.75, 3.05) is 6.61 Å². The molecular weight excluding hydrogens is 420 g/mol. The molecule has 0 saturated heterocycles. The highest BCUT2D eigenvalue weighted by molar-refractivity contribution is 6.31. The summed E-state index contributed by atoms with van der Waals surface area (Å²) in [6.45, 7) is 4.19. The minimum atomic E-state index is -0.531. The van der Waals surface area contributed by atoms with E-state index in [1.807, 2.05) is 6.92 Å². The molecule has 0 radical (unpaired) electrons. The zero-order valence-corrected chi connectivity index (χ0v) is 17.9. The highest BCUT2D eigenvalue weighted by Gasteiger charge is 2.16. The van der Waals surface area contributed by atoms with Crippen LogP contribution < -0.4 is 5.56 Å². The van der Waals surface area contributed by atoms with Crippen molar-refractivity contribution < 1.29 is 14.6 Å². The first-order valence-electron chi connectivity index (χ1n) is 9.86. The minimum absolute atomic E-state index is 0.0654. The normalized spacial score (nSPS) is 11.4. The summed E-state index contributed by atoms with van der Waals surface area (Å²) in [4.78, 5) is 33.7. The smallest absolute Gasteiger partial charge is 0.338 e. The van der Waals surface area contributed by atoms with Crippen LogP contribution in [0.25, 0.3) is 22.1 Å². The molecule has 0 saturated carbocycles. The molecule has 0 unspecified atom stereocenters. The molecule has 0 aliphatic rings. The van der Waals surface area contributed by atoms with E-state index in [0.29, 0.717) is 51.7 Å². The first kappa shape index (κ1) is 21.0. The van der Waals surface area contributed by atoms with Crippen molar-refractivity contribution in [1.82, 2.24) is 19.1 Å². The number of aliphatic hydroxyl groups is 1. The summed E-state index contributed by atoms with van der Waals surface area (Å²) < 4.78 is 8.88. The summed E-state index contributed by atoms with van der Waals surface area (Å²) in [7, 11) is 0. The van der Waals surface area contributed by atoms with Crippen molar-refractivity contribution in [2.24, 2.45) is 0 Å². The van der Waals surface area contributed by atoms with Gasteiger partial charge in [0.15, 0.2) is 0 Å². The standard InChI is InChI=1S/C22H21ClN4O4/c1-3-26-18-7-4-14(10-17(18)24-13(2)21(26)29)22(30)31-12-20-25-16-6-5-15(23)11-19(16)27(20)8-9-28/h4-7,10-11,28H,3,8-9,12H2,1-2H3. The Kier molecular flexibility index (Phi) is 5.75. The lowest BCUT2D eigenvalue weighted by Gasteiger charge is -2.11. The van der Waals surface area contributed by atoms with Crippen molar-refractivity contribution in [3.05, 3.63) is 68.9 Å². The molecule has 4 aromatic rings. The second-order valence-corrected chi connectivity index (χ2v) is 7.50. The fraction of sp³-hybridized carbons (Fsp3) is 0.273. The van der Waals surface area contributed by atoms with Crippen molar-refractivity contribution in [2.45, 2.75) is 33.5 Å². The topological polar surface area (TPSA) is 99.2 Å². The van der Waals surface area contributed by atoms with Crippen LogP contribution in [0.15, 0.2) is 41.2 Å². The number of hydrogen-bond acceptors (Lipinski definition) is 6. The number of aromatic nitrogens is 4. The SMILES string of the molecule is CCn1c(=O)c(C)nc2cc(C(=O)OCc3nc4ccc(Cl)cc4n3CCO)ccc21. The van der Waals surface area contributed by atoms with E-state index in [0.717, 1.165) is 5.52 Å². The predicted octanol–water partition coefficient (Wildman–Crippen LogP) is 3.08. The van der Waals surface area contributed by atoms with Gasteiger partial charge < -0.3 is 19.0 Å². The van der Waals surface area contributed by atoms with Gasteiger partial charge in [0, 0.05) is 18.1 Å². The average molecular weight is 441 g/mol. The predicted molar refractivity (Wildman–Crippen MR) is 117 cm³/mol. The summed E-state index contributed by atoms with van der Waals surface area (Å²) in [6.07, 6.45) is 0. The lowest BCUT2D eigenvalue weighted by atomic mass is 10.2. The molecule has 0 aliphatic heterocycles. The molecule has 1 N–H and O–H groups in total. The van der Waals surface area contributed by atoms with Gasteiger partial charge in [0.2, 0.25) is 0 Å². The number of halogens is 1. The Morgan fingerprint density at radius 3 is 2.65 bits per heavy atom. The largest absolute Gasteiger partial charge is 0.454 e. The third-order valence-electron chi connectivity index (χ3n) is 5.11. The summed E-state index contributed by atoms with van der Waals surface area (Å²) in [5.74, 6) is -0.0227. The number of carbonyl (C=O) groups excluding carboxylic acids is 1. The maximum absolute atomic E-state index is 12.7. The number of fused-ring (bicyclic) bond motifs is 2. The lowest BCUT2D eigenvalue weighted by molar-refractivity contribution is 0.0458. The van der Waals surface area contributed by atoms with E-state index in [1.54, 1.807) is 52.5 Å². The maximum atomic E-state index is 12.7. The fourth-order valence-corrected chi connectivity index (χ4v) is 3.80. The van der Waals surface area contributed by atoms with Crippen LogP contribution in [0.2, 0.25) is 5.02 Å². The number of ether oxygens (including phenoxy) is 1. The van der Waals surface area contributed by atoms with Crippen LogP contribution in [0.1, 0.15) is 28.8 Å². The number of imidazole rings is 1. The second kappa shape index (κ2) is 8.49. The first-order valence-corrected chi connectivity index (χ1v) is 10.2. The van der Waals surface area contributed by atoms with E-state index in [-0.39, 0.29) is 18.8 Å². The van der Waals surface area contributed by atoms with Gasteiger partial charge in [-0.25, -0.2) is 14.8 Å². The molecule has 0 aliphatic carbocycles. The zero-order chi connectivity index (χ0) is 22.1. The van der Waals surface area contributed by atoms with Crippen molar-refractivity contribution >= 4 is 39.6 Å². The van der Waals surface area contributed by atoms with Gasteiger partial charge in [-0.3, -0.25) is 4.79 Å². The van der Waals surface area contributed by atoms with Gasteiger partial charge in [-0.15, -0.1) is 0 Å². The Hall–Kier alpha value is -3.23. The van der Waals surface area contributed by atoms with Crippen molar-refractivity contribution in [3.8, 4) is 0 Å². The van der Waals surface area contributed by atoms with Gasteiger partial charge in [0.25, 0.3) is 5.56 Å². The van der Waals surface area contributed by atoms with Gasteiger partial charge in [-0.05, 0) is 50.2 Å². The molecule has 8 nitrogen and oxygen atoms in total. The van der Waals surface area contributed by atoms with Crippen LogP contribution in [-0.2, 0) is 24.4 Å². The molecule has 0 fully saturated rings. The third kappa shape index (κ3) is 3.92. The Morgan fingerprint density at radius 1 is 1.10 bits per heavy atom. The van der Waals surface area contributed by atoms with E-state index in [9.17, 15) is 14.7 Å². The summed E-state index contributed by atoms with van der Waals surface area (Å²) >= 11 is 6.08. The Morgan fingerprint density at radius 2 is 1.90 bits per heavy atom. The van der Waals surface area contributed by atoms with Gasteiger partial charge in [-0.2, -0.15) is 0 Å². The summed E-state index contributed by atoms with van der Waals surface area (Å²) in [5.41, 5.74) is 3.23. The molecule has 31 heavy (non-hydrogen) atoms. The van der Waals surface area contributed by atoms with E-state index in [4.69, 9.17) is 16.3 Å². The number of rotatable bonds is 6. The fourth-order valence-electron chi connectivity index (χ4n) is 3.63. The maximum Gasteiger partial charge on any atom is 0.338 e. The number of esters is 1. The van der Waals surface area contributed by atoms with Crippen LogP contribution in [0.3, 0.4) is 0 Å². The molecule has 2 heterocycles. The monoisotopic (exact) mass is 440 g/mol. The van der Waals surface area contributed by atoms with Gasteiger partial charge >= 0.3 is 5.97 Å². The highest BCUT2D eigenvalue weighted by Crippen LogP contribution is 2.22. The van der Waals surface area contributed by atoms with E-state index >= 15 is 0 Å². The Balaban J connectivity index is 1.62. The van der Waals surface area contributed by atoms with Crippen LogP contribution in [0.4, 0.5) is 0 Å². The summed E-state index contributed by atoms with van der Waals surface area (Å²) in [5, 5.41) is 9.97. The highest BCUT2D eigenvalue weighted by atomic mass is 35.5. The van der Waals surface area contributed by atoms with Gasteiger partial charge in [0.05, 0.1) is 34.2 Å².